The van der Waals surface area contributed by atoms with Crippen LogP contribution in [0.2, 0.25) is 0 Å². The van der Waals surface area contributed by atoms with Crippen LogP contribution in [0.15, 0.2) is 18.2 Å². The van der Waals surface area contributed by atoms with Gasteiger partial charge in [-0.15, -0.1) is 0 Å². The Hall–Kier alpha value is -1.29. The van der Waals surface area contributed by atoms with Crippen molar-refractivity contribution >= 4 is 5.69 Å². The molecule has 0 aromatic heterocycles. The van der Waals surface area contributed by atoms with Gasteiger partial charge in [0.2, 0.25) is 5.75 Å². The van der Waals surface area contributed by atoms with Crippen LogP contribution in [0, 0.1) is 5.82 Å². The lowest BCUT2D eigenvalue weighted by Crippen LogP contribution is -1.90. The first-order chi connectivity index (χ1) is 4.74. The molecule has 1 aromatic rings. The summed E-state index contributed by atoms with van der Waals surface area (Å²) in [6, 6.07) is 3.73. The Morgan fingerprint density at radius 3 is 2.70 bits per heavy atom. The highest BCUT2D eigenvalue weighted by Gasteiger charge is 2.01. The second kappa shape index (κ2) is 2.53. The molecule has 0 aliphatic carbocycles. The van der Waals surface area contributed by atoms with Crippen molar-refractivity contribution < 1.29 is 14.5 Å². The summed E-state index contributed by atoms with van der Waals surface area (Å²) in [6.07, 6.45) is 0. The van der Waals surface area contributed by atoms with Crippen molar-refractivity contribution in [1.82, 2.24) is 0 Å². The van der Waals surface area contributed by atoms with Crippen molar-refractivity contribution in [3.63, 3.8) is 0 Å². The molecule has 0 spiro atoms. The number of nitrogen functional groups attached to an aromatic ring is 1. The van der Waals surface area contributed by atoms with Gasteiger partial charge in [0, 0.05) is 11.8 Å². The van der Waals surface area contributed by atoms with Gasteiger partial charge in [0.25, 0.3) is 0 Å². The van der Waals surface area contributed by atoms with Gasteiger partial charge in [-0.2, -0.15) is 0 Å². The zero-order valence-corrected chi connectivity index (χ0v) is 5.04. The summed E-state index contributed by atoms with van der Waals surface area (Å²) in [5.74, 6) is -0.906. The fraction of sp³-hybridized carbons (Fsp3) is 0. The van der Waals surface area contributed by atoms with Crippen molar-refractivity contribution in [2.24, 2.45) is 0 Å². The Morgan fingerprint density at radius 1 is 1.50 bits per heavy atom. The minimum absolute atomic E-state index is 0.228. The number of rotatable bonds is 1. The summed E-state index contributed by atoms with van der Waals surface area (Å²) in [7, 11) is 0. The monoisotopic (exact) mass is 143 g/mol. The van der Waals surface area contributed by atoms with Gasteiger partial charge in [-0.25, -0.2) is 9.65 Å². The highest BCUT2D eigenvalue weighted by atomic mass is 19.1. The van der Waals surface area contributed by atoms with Gasteiger partial charge in [-0.1, -0.05) is 0 Å². The normalized spacial score (nSPS) is 9.40. The van der Waals surface area contributed by atoms with Crippen molar-refractivity contribution in [3.05, 3.63) is 24.0 Å². The summed E-state index contributed by atoms with van der Waals surface area (Å²) >= 11 is 0. The van der Waals surface area contributed by atoms with Gasteiger partial charge in [-0.3, -0.25) is 0 Å². The molecule has 0 amide bonds. The summed E-state index contributed by atoms with van der Waals surface area (Å²) in [4.78, 5) is 3.67. The average molecular weight is 143 g/mol. The molecule has 3 N–H and O–H groups in total. The van der Waals surface area contributed by atoms with Crippen molar-refractivity contribution in [2.75, 3.05) is 5.73 Å². The molecule has 0 atom stereocenters. The summed E-state index contributed by atoms with van der Waals surface area (Å²) < 4.78 is 12.5. The molecule has 0 saturated carbocycles. The number of nitrogens with two attached hydrogens (primary N) is 1. The zero-order chi connectivity index (χ0) is 7.56. The van der Waals surface area contributed by atoms with Crippen LogP contribution in [-0.2, 0) is 0 Å². The molecule has 54 valence electrons. The fourth-order valence-corrected chi connectivity index (χ4v) is 0.591. The quantitative estimate of drug-likeness (QED) is 0.353. The zero-order valence-electron chi connectivity index (χ0n) is 5.04. The lowest BCUT2D eigenvalue weighted by Gasteiger charge is -1.97. The van der Waals surface area contributed by atoms with E-state index in [0.29, 0.717) is 5.69 Å². The maximum Gasteiger partial charge on any atom is 0.200 e. The minimum atomic E-state index is -0.678. The Morgan fingerprint density at radius 2 is 2.20 bits per heavy atom. The molecular formula is C6H6FNO2. The maximum atomic E-state index is 12.5. The van der Waals surface area contributed by atoms with Crippen molar-refractivity contribution in [3.8, 4) is 5.75 Å². The molecule has 10 heavy (non-hydrogen) atoms. The Kier molecular flexibility index (Phi) is 1.73. The van der Waals surface area contributed by atoms with Gasteiger partial charge < -0.3 is 10.6 Å². The summed E-state index contributed by atoms with van der Waals surface area (Å²) in [6.45, 7) is 0. The highest BCUT2D eigenvalue weighted by Crippen LogP contribution is 2.17. The van der Waals surface area contributed by atoms with E-state index in [1.54, 1.807) is 0 Å². The van der Waals surface area contributed by atoms with E-state index in [2.05, 4.69) is 4.89 Å². The Balaban J connectivity index is 3.07. The van der Waals surface area contributed by atoms with Crippen LogP contribution >= 0.6 is 0 Å². The van der Waals surface area contributed by atoms with Crippen LogP contribution in [-0.4, -0.2) is 5.26 Å². The molecular weight excluding hydrogens is 137 g/mol. The van der Waals surface area contributed by atoms with Gasteiger partial charge in [0.05, 0.1) is 0 Å². The molecule has 0 saturated heterocycles. The van der Waals surface area contributed by atoms with Crippen LogP contribution in [0.25, 0.3) is 0 Å². The van der Waals surface area contributed by atoms with Gasteiger partial charge >= 0.3 is 0 Å². The molecule has 0 fully saturated rings. The number of hydrogen-bond acceptors (Lipinski definition) is 3. The van der Waals surface area contributed by atoms with E-state index >= 15 is 0 Å². The van der Waals surface area contributed by atoms with Crippen LogP contribution in [0.5, 0.6) is 5.75 Å². The second-order valence-electron chi connectivity index (χ2n) is 1.78. The SMILES string of the molecule is Nc1ccc(OO)c(F)c1. The largest absolute Gasteiger partial charge is 0.399 e. The third kappa shape index (κ3) is 1.16. The smallest absolute Gasteiger partial charge is 0.200 e. The Bertz CT molecular complexity index is 239. The highest BCUT2D eigenvalue weighted by molar-refractivity contribution is 5.42. The summed E-state index contributed by atoms with van der Waals surface area (Å²) in [5, 5.41) is 8.03. The molecule has 0 aliphatic rings. The standard InChI is InChI=1S/C6H6FNO2/c7-5-3-4(8)1-2-6(5)10-9/h1-3,9H,8H2. The molecule has 0 aliphatic heterocycles. The van der Waals surface area contributed by atoms with E-state index in [9.17, 15) is 4.39 Å². The number of benzene rings is 1. The third-order valence-electron chi connectivity index (χ3n) is 1.05. The second-order valence-corrected chi connectivity index (χ2v) is 1.78. The predicted molar refractivity (Wildman–Crippen MR) is 34.1 cm³/mol. The molecule has 1 aromatic carbocycles. The maximum absolute atomic E-state index is 12.5. The first kappa shape index (κ1) is 6.82. The average Bonchev–Trinajstić information content (AvgIpc) is 1.88. The molecule has 3 nitrogen and oxygen atoms in total. The van der Waals surface area contributed by atoms with Crippen molar-refractivity contribution in [1.29, 1.82) is 0 Å². The van der Waals surface area contributed by atoms with Gasteiger partial charge in [0.1, 0.15) is 0 Å². The van der Waals surface area contributed by atoms with E-state index in [-0.39, 0.29) is 5.75 Å². The van der Waals surface area contributed by atoms with E-state index in [1.807, 2.05) is 0 Å². The van der Waals surface area contributed by atoms with E-state index < -0.39 is 5.82 Å². The molecule has 0 unspecified atom stereocenters. The van der Waals surface area contributed by atoms with Crippen LogP contribution in [0.4, 0.5) is 10.1 Å². The molecule has 4 heteroatoms. The summed E-state index contributed by atoms with van der Waals surface area (Å²) in [5.41, 5.74) is 5.50. The predicted octanol–water partition coefficient (Wildman–Crippen LogP) is 1.26. The third-order valence-corrected chi connectivity index (χ3v) is 1.05. The first-order valence-electron chi connectivity index (χ1n) is 2.60. The number of hydrogen-bond donors (Lipinski definition) is 2. The first-order valence-corrected chi connectivity index (χ1v) is 2.60. The van der Waals surface area contributed by atoms with E-state index in [1.165, 1.54) is 12.1 Å². The van der Waals surface area contributed by atoms with Crippen molar-refractivity contribution in [2.45, 2.75) is 0 Å². The minimum Gasteiger partial charge on any atom is -0.399 e. The number of halogens is 1. The van der Waals surface area contributed by atoms with Gasteiger partial charge in [-0.05, 0) is 12.1 Å². The van der Waals surface area contributed by atoms with Crippen LogP contribution < -0.4 is 10.6 Å². The van der Waals surface area contributed by atoms with Crippen LogP contribution in [0.3, 0.4) is 0 Å². The molecule has 0 bridgehead atoms. The lowest BCUT2D eigenvalue weighted by atomic mass is 10.3. The van der Waals surface area contributed by atoms with E-state index in [0.717, 1.165) is 6.07 Å². The topological polar surface area (TPSA) is 55.5 Å². The molecule has 0 radical (unpaired) electrons. The van der Waals surface area contributed by atoms with E-state index in [4.69, 9.17) is 11.0 Å². The number of anilines is 1. The fourth-order valence-electron chi connectivity index (χ4n) is 0.591. The Labute approximate surface area is 56.8 Å². The lowest BCUT2D eigenvalue weighted by molar-refractivity contribution is -0.140. The molecule has 0 heterocycles. The van der Waals surface area contributed by atoms with Crippen LogP contribution in [0.1, 0.15) is 0 Å². The molecule has 1 rings (SSSR count). The van der Waals surface area contributed by atoms with Gasteiger partial charge in [0.15, 0.2) is 5.82 Å².